The summed E-state index contributed by atoms with van der Waals surface area (Å²) in [6.45, 7) is 3.89. The molecule has 1 aromatic rings. The molecule has 0 fully saturated rings. The minimum Gasteiger partial charge on any atom is -0.464 e. The van der Waals surface area contributed by atoms with Crippen LogP contribution in [0.4, 0.5) is 0 Å². The molecule has 1 atom stereocenters. The Balaban J connectivity index is 2.55. The highest BCUT2D eigenvalue weighted by Crippen LogP contribution is 2.00. The minimum atomic E-state index is -0.423. The molecule has 0 aromatic heterocycles. The van der Waals surface area contributed by atoms with Crippen molar-refractivity contribution in [2.24, 2.45) is 0 Å². The predicted octanol–water partition coefficient (Wildman–Crippen LogP) is 1.90. The van der Waals surface area contributed by atoms with Crippen LogP contribution in [0.15, 0.2) is 30.3 Å². The second-order valence-corrected chi connectivity index (χ2v) is 3.72. The van der Waals surface area contributed by atoms with Crippen molar-refractivity contribution in [1.82, 2.24) is 5.32 Å². The maximum atomic E-state index is 11.4. The smallest absolute Gasteiger partial charge is 0.328 e. The van der Waals surface area contributed by atoms with Gasteiger partial charge in [0, 0.05) is 5.56 Å². The van der Waals surface area contributed by atoms with Crippen molar-refractivity contribution >= 4 is 23.2 Å². The lowest BCUT2D eigenvalue weighted by Gasteiger charge is -2.14. The van der Waals surface area contributed by atoms with E-state index in [2.05, 4.69) is 5.32 Å². The second-order valence-electron chi connectivity index (χ2n) is 3.31. The number of nitrogens with one attached hydrogen (secondary N) is 1. The van der Waals surface area contributed by atoms with E-state index >= 15 is 0 Å². The van der Waals surface area contributed by atoms with E-state index in [1.807, 2.05) is 30.3 Å². The van der Waals surface area contributed by atoms with Gasteiger partial charge in [-0.05, 0) is 13.8 Å². The summed E-state index contributed by atoms with van der Waals surface area (Å²) in [6.07, 6.45) is 0. The van der Waals surface area contributed by atoms with Crippen LogP contribution in [0.2, 0.25) is 0 Å². The molecule has 0 heterocycles. The van der Waals surface area contributed by atoms with Crippen LogP contribution in [-0.4, -0.2) is 23.6 Å². The monoisotopic (exact) mass is 237 g/mol. The predicted molar refractivity (Wildman–Crippen MR) is 67.4 cm³/mol. The van der Waals surface area contributed by atoms with Gasteiger partial charge < -0.3 is 10.1 Å². The van der Waals surface area contributed by atoms with Gasteiger partial charge in [0.25, 0.3) is 0 Å². The molecule has 1 aromatic carbocycles. The molecule has 3 nitrogen and oxygen atoms in total. The van der Waals surface area contributed by atoms with Gasteiger partial charge in [-0.15, -0.1) is 0 Å². The summed E-state index contributed by atoms with van der Waals surface area (Å²) in [6, 6.07) is 9.09. The molecule has 0 saturated heterocycles. The number of benzene rings is 1. The second kappa shape index (κ2) is 6.23. The molecule has 0 aliphatic heterocycles. The molecule has 0 spiro atoms. The fourth-order valence-electron chi connectivity index (χ4n) is 1.20. The Kier molecular flexibility index (Phi) is 4.92. The number of hydrogen-bond acceptors (Lipinski definition) is 3. The summed E-state index contributed by atoms with van der Waals surface area (Å²) in [5.41, 5.74) is 0.897. The summed E-state index contributed by atoms with van der Waals surface area (Å²) < 4.78 is 4.88. The van der Waals surface area contributed by atoms with Gasteiger partial charge in [-0.25, -0.2) is 4.79 Å². The van der Waals surface area contributed by atoms with Crippen LogP contribution in [0.5, 0.6) is 0 Å². The molecule has 0 unspecified atom stereocenters. The third kappa shape index (κ3) is 3.62. The Morgan fingerprint density at radius 3 is 2.62 bits per heavy atom. The first kappa shape index (κ1) is 12.6. The number of ether oxygens (including phenoxy) is 1. The molecule has 0 bridgehead atoms. The van der Waals surface area contributed by atoms with Gasteiger partial charge in [0.15, 0.2) is 0 Å². The van der Waals surface area contributed by atoms with Crippen molar-refractivity contribution in [2.45, 2.75) is 19.9 Å². The summed E-state index contributed by atoms with van der Waals surface area (Å²) >= 11 is 5.18. The van der Waals surface area contributed by atoms with Crippen molar-refractivity contribution < 1.29 is 9.53 Å². The summed E-state index contributed by atoms with van der Waals surface area (Å²) in [4.78, 5) is 11.9. The van der Waals surface area contributed by atoms with Gasteiger partial charge in [-0.3, -0.25) is 0 Å². The molecular formula is C12H15NO2S. The fraction of sp³-hybridized carbons (Fsp3) is 0.333. The van der Waals surface area contributed by atoms with Gasteiger partial charge in [-0.2, -0.15) is 0 Å². The van der Waals surface area contributed by atoms with E-state index < -0.39 is 6.04 Å². The van der Waals surface area contributed by atoms with Crippen LogP contribution in [-0.2, 0) is 9.53 Å². The number of rotatable bonds is 4. The molecule has 16 heavy (non-hydrogen) atoms. The topological polar surface area (TPSA) is 38.3 Å². The first-order chi connectivity index (χ1) is 7.65. The van der Waals surface area contributed by atoms with Crippen LogP contribution in [0.25, 0.3) is 0 Å². The molecule has 0 aliphatic rings. The zero-order valence-corrected chi connectivity index (χ0v) is 10.2. The lowest BCUT2D eigenvalue weighted by Crippen LogP contribution is -2.39. The van der Waals surface area contributed by atoms with Crippen LogP contribution >= 0.6 is 12.2 Å². The molecule has 4 heteroatoms. The molecule has 1 N–H and O–H groups in total. The average molecular weight is 237 g/mol. The standard InChI is InChI=1S/C12H15NO2S/c1-3-15-12(14)9(2)13-11(16)10-7-5-4-6-8-10/h4-9H,3H2,1-2H3,(H,13,16)/t9-/m0/s1. The number of carbonyl (C=O) groups excluding carboxylic acids is 1. The van der Waals surface area contributed by atoms with Crippen molar-refractivity contribution in [2.75, 3.05) is 6.61 Å². The van der Waals surface area contributed by atoms with Crippen molar-refractivity contribution in [1.29, 1.82) is 0 Å². The highest BCUT2D eigenvalue weighted by molar-refractivity contribution is 7.80. The van der Waals surface area contributed by atoms with Crippen LogP contribution in [0.1, 0.15) is 19.4 Å². The number of carbonyl (C=O) groups is 1. The molecule has 0 aliphatic carbocycles. The Morgan fingerprint density at radius 2 is 2.06 bits per heavy atom. The van der Waals surface area contributed by atoms with E-state index in [1.54, 1.807) is 13.8 Å². The van der Waals surface area contributed by atoms with E-state index in [1.165, 1.54) is 0 Å². The normalized spacial score (nSPS) is 11.6. The first-order valence-corrected chi connectivity index (χ1v) is 5.58. The van der Waals surface area contributed by atoms with Gasteiger partial charge in [0.05, 0.1) is 6.61 Å². The lowest BCUT2D eigenvalue weighted by atomic mass is 10.2. The SMILES string of the molecule is CCOC(=O)[C@H](C)NC(=S)c1ccccc1. The highest BCUT2D eigenvalue weighted by Gasteiger charge is 2.14. The first-order valence-electron chi connectivity index (χ1n) is 5.17. The summed E-state index contributed by atoms with van der Waals surface area (Å²) in [5, 5.41) is 2.94. The third-order valence-corrected chi connectivity index (χ3v) is 2.38. The van der Waals surface area contributed by atoms with Crippen LogP contribution in [0.3, 0.4) is 0 Å². The van der Waals surface area contributed by atoms with E-state index in [-0.39, 0.29) is 5.97 Å². The van der Waals surface area contributed by atoms with Crippen molar-refractivity contribution in [3.05, 3.63) is 35.9 Å². The number of thiocarbonyl (C=S) groups is 1. The van der Waals surface area contributed by atoms with Gasteiger partial charge in [0.1, 0.15) is 11.0 Å². The Bertz CT molecular complexity index is 365. The number of hydrogen-bond donors (Lipinski definition) is 1. The highest BCUT2D eigenvalue weighted by atomic mass is 32.1. The molecule has 0 radical (unpaired) electrons. The zero-order valence-electron chi connectivity index (χ0n) is 9.40. The van der Waals surface area contributed by atoms with Gasteiger partial charge in [-0.1, -0.05) is 42.5 Å². The average Bonchev–Trinajstić information content (AvgIpc) is 2.30. The Hall–Kier alpha value is -1.42. The van der Waals surface area contributed by atoms with Crippen molar-refractivity contribution in [3.8, 4) is 0 Å². The van der Waals surface area contributed by atoms with Gasteiger partial charge >= 0.3 is 5.97 Å². The van der Waals surface area contributed by atoms with Gasteiger partial charge in [0.2, 0.25) is 0 Å². The summed E-state index contributed by atoms with van der Waals surface area (Å²) in [7, 11) is 0. The minimum absolute atomic E-state index is 0.291. The molecular weight excluding hydrogens is 222 g/mol. The third-order valence-electron chi connectivity index (χ3n) is 2.02. The molecule has 0 amide bonds. The fourth-order valence-corrected chi connectivity index (χ4v) is 1.51. The van der Waals surface area contributed by atoms with Crippen LogP contribution < -0.4 is 5.32 Å². The molecule has 1 rings (SSSR count). The zero-order chi connectivity index (χ0) is 12.0. The number of esters is 1. The largest absolute Gasteiger partial charge is 0.464 e. The Morgan fingerprint density at radius 1 is 1.44 bits per heavy atom. The Labute approximate surface area is 101 Å². The van der Waals surface area contributed by atoms with Crippen molar-refractivity contribution in [3.63, 3.8) is 0 Å². The van der Waals surface area contributed by atoms with E-state index in [0.717, 1.165) is 5.56 Å². The maximum absolute atomic E-state index is 11.4. The van der Waals surface area contributed by atoms with Crippen LogP contribution in [0, 0.1) is 0 Å². The lowest BCUT2D eigenvalue weighted by molar-refractivity contribution is -0.144. The van der Waals surface area contributed by atoms with E-state index in [4.69, 9.17) is 17.0 Å². The molecule has 86 valence electrons. The molecule has 0 saturated carbocycles. The van der Waals surface area contributed by atoms with E-state index in [9.17, 15) is 4.79 Å². The quantitative estimate of drug-likeness (QED) is 0.641. The maximum Gasteiger partial charge on any atom is 0.328 e. The summed E-state index contributed by atoms with van der Waals surface area (Å²) in [5.74, 6) is -0.291. The van der Waals surface area contributed by atoms with E-state index in [0.29, 0.717) is 11.6 Å².